The number of methoxy groups -OCH3 is 1. The lowest BCUT2D eigenvalue weighted by Crippen LogP contribution is -2.55. The van der Waals surface area contributed by atoms with Gasteiger partial charge in [0.25, 0.3) is 5.91 Å². The summed E-state index contributed by atoms with van der Waals surface area (Å²) in [4.78, 5) is 39.9. The molecule has 1 aliphatic heterocycles. The maximum atomic E-state index is 13.5. The molecule has 8 heteroatoms. The highest BCUT2D eigenvalue weighted by atomic mass is 16.5. The number of ether oxygens (including phenoxy) is 1. The quantitative estimate of drug-likeness (QED) is 0.298. The first kappa shape index (κ1) is 26.4. The highest BCUT2D eigenvalue weighted by Crippen LogP contribution is 2.31. The predicted octanol–water partition coefficient (Wildman–Crippen LogP) is 2.94. The average molecular weight is 459 g/mol. The number of carbonyl (C=O) groups is 3. The Hall–Kier alpha value is -2.90. The molecule has 1 unspecified atom stereocenters. The Morgan fingerprint density at radius 2 is 1.70 bits per heavy atom. The Morgan fingerprint density at radius 3 is 2.18 bits per heavy atom. The number of esters is 1. The molecule has 8 nitrogen and oxygen atoms in total. The Labute approximate surface area is 196 Å². The van der Waals surface area contributed by atoms with Gasteiger partial charge in [0.1, 0.15) is 5.84 Å². The van der Waals surface area contributed by atoms with Gasteiger partial charge in [-0.2, -0.15) is 0 Å². The lowest BCUT2D eigenvalue weighted by atomic mass is 9.78. The lowest BCUT2D eigenvalue weighted by Gasteiger charge is -2.41. The molecule has 182 valence electrons. The number of benzene rings is 1. The van der Waals surface area contributed by atoms with Crippen LogP contribution < -0.4 is 11.1 Å². The molecule has 1 heterocycles. The second-order valence-corrected chi connectivity index (χ2v) is 9.88. The van der Waals surface area contributed by atoms with Crippen molar-refractivity contribution in [3.63, 3.8) is 0 Å². The molecule has 0 saturated carbocycles. The molecule has 33 heavy (non-hydrogen) atoms. The molecule has 0 aliphatic carbocycles. The standard InChI is InChI=1S/C25H38N4O4/c1-16(2)14-20(28-23(31)19-8-6-18(7-9-19)22(26)27)25(3,4)24(32)29-12-10-17(11-13-29)15-21(30)33-5/h6-9,16-17,20H,10-15H2,1-5H3,(H3,26,27)(H,28,31). The van der Waals surface area contributed by atoms with Crippen molar-refractivity contribution >= 4 is 23.6 Å². The van der Waals surface area contributed by atoms with Crippen LogP contribution in [0.15, 0.2) is 24.3 Å². The smallest absolute Gasteiger partial charge is 0.305 e. The van der Waals surface area contributed by atoms with Gasteiger partial charge < -0.3 is 20.7 Å². The number of rotatable bonds is 9. The fourth-order valence-corrected chi connectivity index (χ4v) is 4.26. The first-order valence-electron chi connectivity index (χ1n) is 11.6. The maximum absolute atomic E-state index is 13.5. The third-order valence-electron chi connectivity index (χ3n) is 6.48. The van der Waals surface area contributed by atoms with E-state index in [2.05, 4.69) is 19.2 Å². The molecule has 4 N–H and O–H groups in total. The second-order valence-electron chi connectivity index (χ2n) is 9.88. The first-order valence-corrected chi connectivity index (χ1v) is 11.6. The number of nitrogen functional groups attached to an aromatic ring is 1. The van der Waals surface area contributed by atoms with Gasteiger partial charge in [-0.25, -0.2) is 0 Å². The van der Waals surface area contributed by atoms with Gasteiger partial charge in [-0.15, -0.1) is 0 Å². The van der Waals surface area contributed by atoms with Crippen LogP contribution in [-0.4, -0.2) is 54.8 Å². The molecule has 1 fully saturated rings. The number of hydrogen-bond acceptors (Lipinski definition) is 5. The molecule has 0 aromatic heterocycles. The third kappa shape index (κ3) is 7.04. The highest BCUT2D eigenvalue weighted by molar-refractivity contribution is 5.98. The van der Waals surface area contributed by atoms with E-state index in [-0.39, 0.29) is 41.5 Å². The minimum atomic E-state index is -0.797. The summed E-state index contributed by atoms with van der Waals surface area (Å²) in [6.07, 6.45) is 2.58. The van der Waals surface area contributed by atoms with Crippen LogP contribution in [-0.2, 0) is 14.3 Å². The molecular weight excluding hydrogens is 420 g/mol. The molecule has 1 atom stereocenters. The summed E-state index contributed by atoms with van der Waals surface area (Å²) in [5, 5.41) is 10.6. The molecule has 1 aromatic rings. The Balaban J connectivity index is 2.10. The zero-order valence-corrected chi connectivity index (χ0v) is 20.4. The van der Waals surface area contributed by atoms with Crippen LogP contribution >= 0.6 is 0 Å². The van der Waals surface area contributed by atoms with Gasteiger partial charge in [0.05, 0.1) is 12.5 Å². The van der Waals surface area contributed by atoms with Gasteiger partial charge in [0, 0.05) is 36.7 Å². The summed E-state index contributed by atoms with van der Waals surface area (Å²) in [7, 11) is 1.39. The molecule has 2 rings (SSSR count). The minimum absolute atomic E-state index is 0.0110. The van der Waals surface area contributed by atoms with Crippen LogP contribution in [0.25, 0.3) is 0 Å². The van der Waals surface area contributed by atoms with E-state index >= 15 is 0 Å². The number of nitrogens with zero attached hydrogens (tertiary/aromatic N) is 1. The van der Waals surface area contributed by atoms with E-state index in [0.29, 0.717) is 37.1 Å². The van der Waals surface area contributed by atoms with E-state index in [0.717, 1.165) is 12.8 Å². The summed E-state index contributed by atoms with van der Waals surface area (Å²) in [5.41, 5.74) is 5.71. The third-order valence-corrected chi connectivity index (χ3v) is 6.48. The minimum Gasteiger partial charge on any atom is -0.469 e. The van der Waals surface area contributed by atoms with E-state index in [1.54, 1.807) is 24.3 Å². The summed E-state index contributed by atoms with van der Waals surface area (Å²) in [6.45, 7) is 9.11. The van der Waals surface area contributed by atoms with Gasteiger partial charge in [-0.1, -0.05) is 26.0 Å². The number of amidine groups is 1. The number of hydrogen-bond donors (Lipinski definition) is 3. The summed E-state index contributed by atoms with van der Waals surface area (Å²) in [6, 6.07) is 6.21. The topological polar surface area (TPSA) is 126 Å². The van der Waals surface area contributed by atoms with Crippen LogP contribution in [0.3, 0.4) is 0 Å². The molecule has 1 saturated heterocycles. The fraction of sp³-hybridized carbons (Fsp3) is 0.600. The zero-order chi connectivity index (χ0) is 24.8. The molecule has 0 bridgehead atoms. The predicted molar refractivity (Wildman–Crippen MR) is 128 cm³/mol. The van der Waals surface area contributed by atoms with Crippen molar-refractivity contribution in [1.82, 2.24) is 10.2 Å². The zero-order valence-electron chi connectivity index (χ0n) is 20.4. The SMILES string of the molecule is COC(=O)CC1CCN(C(=O)C(C)(C)C(CC(C)C)NC(=O)c2ccc(C(=N)N)cc2)CC1. The number of piperidine rings is 1. The number of nitrogens with two attached hydrogens (primary N) is 1. The normalized spacial score (nSPS) is 15.8. The van der Waals surface area contributed by atoms with Crippen molar-refractivity contribution in [3.05, 3.63) is 35.4 Å². The first-order chi connectivity index (χ1) is 15.4. The van der Waals surface area contributed by atoms with Crippen molar-refractivity contribution in [2.24, 2.45) is 23.0 Å². The summed E-state index contributed by atoms with van der Waals surface area (Å²) < 4.78 is 4.77. The van der Waals surface area contributed by atoms with Crippen molar-refractivity contribution in [3.8, 4) is 0 Å². The summed E-state index contributed by atoms with van der Waals surface area (Å²) >= 11 is 0. The van der Waals surface area contributed by atoms with Gasteiger partial charge in [0.15, 0.2) is 0 Å². The van der Waals surface area contributed by atoms with Crippen LogP contribution in [0.4, 0.5) is 0 Å². The van der Waals surface area contributed by atoms with Crippen LogP contribution in [0.5, 0.6) is 0 Å². The largest absolute Gasteiger partial charge is 0.469 e. The lowest BCUT2D eigenvalue weighted by molar-refractivity contribution is -0.144. The van der Waals surface area contributed by atoms with E-state index in [9.17, 15) is 14.4 Å². The molecule has 1 aromatic carbocycles. The van der Waals surface area contributed by atoms with Crippen LogP contribution in [0, 0.1) is 22.7 Å². The van der Waals surface area contributed by atoms with Crippen molar-refractivity contribution in [1.29, 1.82) is 5.41 Å². The van der Waals surface area contributed by atoms with Crippen molar-refractivity contribution in [2.45, 2.75) is 59.4 Å². The maximum Gasteiger partial charge on any atom is 0.305 e. The van der Waals surface area contributed by atoms with Crippen molar-refractivity contribution in [2.75, 3.05) is 20.2 Å². The number of amides is 2. The molecule has 2 amide bonds. The van der Waals surface area contributed by atoms with E-state index < -0.39 is 5.41 Å². The second kappa shape index (κ2) is 11.3. The highest BCUT2D eigenvalue weighted by Gasteiger charge is 2.41. The molecule has 0 radical (unpaired) electrons. The Morgan fingerprint density at radius 1 is 1.15 bits per heavy atom. The average Bonchev–Trinajstić information content (AvgIpc) is 2.78. The van der Waals surface area contributed by atoms with Crippen LogP contribution in [0.1, 0.15) is 69.3 Å². The van der Waals surface area contributed by atoms with Gasteiger partial charge >= 0.3 is 5.97 Å². The van der Waals surface area contributed by atoms with E-state index in [1.807, 2.05) is 18.7 Å². The van der Waals surface area contributed by atoms with Gasteiger partial charge in [-0.05, 0) is 57.1 Å². The van der Waals surface area contributed by atoms with Crippen LogP contribution in [0.2, 0.25) is 0 Å². The monoisotopic (exact) mass is 458 g/mol. The number of likely N-dealkylation sites (tertiary alicyclic amines) is 1. The fourth-order valence-electron chi connectivity index (χ4n) is 4.26. The number of carbonyl (C=O) groups excluding carboxylic acids is 3. The number of nitrogens with one attached hydrogen (secondary N) is 2. The molecule has 1 aliphatic rings. The van der Waals surface area contributed by atoms with E-state index in [1.165, 1.54) is 7.11 Å². The molecular formula is C25H38N4O4. The van der Waals surface area contributed by atoms with E-state index in [4.69, 9.17) is 15.9 Å². The molecule has 0 spiro atoms. The Kier molecular flexibility index (Phi) is 9.02. The van der Waals surface area contributed by atoms with Gasteiger partial charge in [0.2, 0.25) is 5.91 Å². The summed E-state index contributed by atoms with van der Waals surface area (Å²) in [5.74, 6) is 0.00481. The van der Waals surface area contributed by atoms with Crippen molar-refractivity contribution < 1.29 is 19.1 Å². The van der Waals surface area contributed by atoms with Gasteiger partial charge in [-0.3, -0.25) is 19.8 Å². The Bertz CT molecular complexity index is 856.